The second-order valence-corrected chi connectivity index (χ2v) is 9.17. The van der Waals surface area contributed by atoms with Gasteiger partial charge in [0, 0.05) is 25.3 Å². The number of ether oxygens (including phenoxy) is 4. The van der Waals surface area contributed by atoms with Crippen LogP contribution >= 0.6 is 0 Å². The number of carbonyl (C=O) groups excluding carboxylic acids is 1. The van der Waals surface area contributed by atoms with Gasteiger partial charge in [-0.15, -0.1) is 0 Å². The lowest BCUT2D eigenvalue weighted by Crippen LogP contribution is -2.71. The molecule has 1 saturated heterocycles. The molecule has 1 aromatic carbocycles. The Hall–Kier alpha value is -2.91. The number of rotatable bonds is 6. The number of nitrogens with zero attached hydrogens (tertiary/aromatic N) is 3. The van der Waals surface area contributed by atoms with Crippen molar-refractivity contribution in [1.29, 1.82) is 0 Å². The van der Waals surface area contributed by atoms with Crippen LogP contribution < -0.4 is 10.5 Å². The molecule has 1 aromatic heterocycles. The van der Waals surface area contributed by atoms with Crippen LogP contribution in [-0.4, -0.2) is 60.7 Å². The third-order valence-corrected chi connectivity index (χ3v) is 7.04. The molecule has 0 saturated carbocycles. The van der Waals surface area contributed by atoms with Crippen molar-refractivity contribution in [3.8, 4) is 5.75 Å². The smallest absolute Gasteiger partial charge is 0.283 e. The standard InChI is InChI=1S/C23H28N4O5/c1-21(2)22(12-30-13-22)23(14-31-20(24)25-23)16-10-15(4-5-19(16)32-21)11-18(28)17-6-7-27(26-17)8-9-29-3/h4-7,10H,8-9,11-14H2,1-3H3,(H2,24,25). The molecule has 2 aromatic rings. The van der Waals surface area contributed by atoms with E-state index in [0.29, 0.717) is 38.7 Å². The van der Waals surface area contributed by atoms with Crippen molar-refractivity contribution < 1.29 is 23.7 Å². The molecule has 4 heterocycles. The zero-order valence-corrected chi connectivity index (χ0v) is 18.6. The van der Waals surface area contributed by atoms with Gasteiger partial charge in [0.05, 0.1) is 31.8 Å². The molecule has 170 valence electrons. The molecule has 2 spiro atoms. The van der Waals surface area contributed by atoms with E-state index < -0.39 is 16.6 Å². The number of hydrogen-bond acceptors (Lipinski definition) is 8. The summed E-state index contributed by atoms with van der Waals surface area (Å²) >= 11 is 0. The van der Waals surface area contributed by atoms with E-state index in [1.54, 1.807) is 24.1 Å². The zero-order chi connectivity index (χ0) is 22.6. The average Bonchev–Trinajstić information content (AvgIpc) is 3.33. The Bertz CT molecular complexity index is 1090. The number of Topliss-reactive ketones (excluding diaryl/α,β-unsaturated/α-hetero) is 1. The number of nitrogens with two attached hydrogens (primary N) is 1. The third kappa shape index (κ3) is 2.95. The van der Waals surface area contributed by atoms with Gasteiger partial charge in [0.2, 0.25) is 0 Å². The molecule has 2 N–H and O–H groups in total. The summed E-state index contributed by atoms with van der Waals surface area (Å²) in [5.41, 5.74) is 6.52. The van der Waals surface area contributed by atoms with Crippen molar-refractivity contribution in [3.05, 3.63) is 47.3 Å². The molecule has 0 aliphatic carbocycles. The molecule has 1 unspecified atom stereocenters. The molecule has 5 rings (SSSR count). The van der Waals surface area contributed by atoms with Gasteiger partial charge in [-0.25, -0.2) is 4.99 Å². The summed E-state index contributed by atoms with van der Waals surface area (Å²) in [7, 11) is 1.64. The second-order valence-electron chi connectivity index (χ2n) is 9.17. The SMILES string of the molecule is COCCn1ccc(C(=O)Cc2ccc3c(c2)C2(COC(N)=N2)C2(COC2)C(C)(C)O3)n1. The lowest BCUT2D eigenvalue weighted by Gasteiger charge is -2.61. The van der Waals surface area contributed by atoms with E-state index in [1.165, 1.54) is 0 Å². The van der Waals surface area contributed by atoms with Gasteiger partial charge in [-0.2, -0.15) is 5.10 Å². The van der Waals surface area contributed by atoms with E-state index in [-0.39, 0.29) is 18.2 Å². The molecule has 9 heteroatoms. The van der Waals surface area contributed by atoms with Crippen LogP contribution in [0.5, 0.6) is 5.75 Å². The zero-order valence-electron chi connectivity index (χ0n) is 18.6. The Morgan fingerprint density at radius 3 is 2.72 bits per heavy atom. The number of methoxy groups -OCH3 is 1. The van der Waals surface area contributed by atoms with Crippen molar-refractivity contribution in [2.75, 3.05) is 33.5 Å². The first kappa shape index (κ1) is 21.0. The molecule has 3 aliphatic rings. The summed E-state index contributed by atoms with van der Waals surface area (Å²) < 4.78 is 24.5. The number of amidine groups is 1. The molecule has 32 heavy (non-hydrogen) atoms. The van der Waals surface area contributed by atoms with Crippen molar-refractivity contribution in [1.82, 2.24) is 9.78 Å². The van der Waals surface area contributed by atoms with Crippen LogP contribution in [0.1, 0.15) is 35.5 Å². The monoisotopic (exact) mass is 440 g/mol. The van der Waals surface area contributed by atoms with Crippen LogP contribution in [0.15, 0.2) is 35.5 Å². The van der Waals surface area contributed by atoms with E-state index in [4.69, 9.17) is 29.7 Å². The van der Waals surface area contributed by atoms with E-state index in [1.807, 2.05) is 18.2 Å². The molecule has 0 radical (unpaired) electrons. The number of carbonyl (C=O) groups is 1. The Kier molecular flexibility index (Phi) is 4.79. The fraction of sp³-hybridized carbons (Fsp3) is 0.522. The Morgan fingerprint density at radius 1 is 1.25 bits per heavy atom. The first-order chi connectivity index (χ1) is 15.3. The van der Waals surface area contributed by atoms with Crippen molar-refractivity contribution in [2.45, 2.75) is 38.0 Å². The molecule has 1 atom stereocenters. The van der Waals surface area contributed by atoms with Crippen LogP contribution in [-0.2, 0) is 32.7 Å². The van der Waals surface area contributed by atoms with Gasteiger partial charge in [-0.3, -0.25) is 9.48 Å². The predicted octanol–water partition coefficient (Wildman–Crippen LogP) is 1.68. The van der Waals surface area contributed by atoms with Gasteiger partial charge < -0.3 is 24.7 Å². The summed E-state index contributed by atoms with van der Waals surface area (Å²) in [6.07, 6.45) is 2.01. The highest BCUT2D eigenvalue weighted by atomic mass is 16.5. The second kappa shape index (κ2) is 7.31. The maximum absolute atomic E-state index is 12.9. The molecule has 1 fully saturated rings. The molecular weight excluding hydrogens is 412 g/mol. The first-order valence-corrected chi connectivity index (χ1v) is 10.7. The topological polar surface area (TPSA) is 110 Å². The molecule has 0 amide bonds. The fourth-order valence-corrected chi connectivity index (χ4v) is 5.03. The van der Waals surface area contributed by atoms with E-state index >= 15 is 0 Å². The number of aliphatic imine (C=N–C) groups is 1. The number of hydrogen-bond donors (Lipinski definition) is 1. The minimum Gasteiger partial charge on any atom is -0.487 e. The van der Waals surface area contributed by atoms with Gasteiger partial charge >= 0.3 is 0 Å². The van der Waals surface area contributed by atoms with E-state index in [0.717, 1.165) is 16.9 Å². The summed E-state index contributed by atoms with van der Waals surface area (Å²) in [5.74, 6) is 0.675. The van der Waals surface area contributed by atoms with Crippen LogP contribution in [0.3, 0.4) is 0 Å². The van der Waals surface area contributed by atoms with Gasteiger partial charge in [-0.05, 0) is 37.6 Å². The number of fused-ring (bicyclic) bond motifs is 3. The minimum absolute atomic E-state index is 0.0559. The Labute approximate surface area is 186 Å². The molecule has 3 aliphatic heterocycles. The van der Waals surface area contributed by atoms with Crippen molar-refractivity contribution in [2.24, 2.45) is 16.1 Å². The minimum atomic E-state index is -0.715. The average molecular weight is 441 g/mol. The van der Waals surface area contributed by atoms with E-state index in [2.05, 4.69) is 18.9 Å². The largest absolute Gasteiger partial charge is 0.487 e. The fourth-order valence-electron chi connectivity index (χ4n) is 5.03. The number of ketones is 1. The number of benzene rings is 1. The van der Waals surface area contributed by atoms with Crippen molar-refractivity contribution >= 4 is 11.8 Å². The van der Waals surface area contributed by atoms with Gasteiger partial charge in [-0.1, -0.05) is 6.07 Å². The van der Waals surface area contributed by atoms with Gasteiger partial charge in [0.1, 0.15) is 29.2 Å². The maximum Gasteiger partial charge on any atom is 0.283 e. The first-order valence-electron chi connectivity index (χ1n) is 10.7. The lowest BCUT2D eigenvalue weighted by molar-refractivity contribution is -0.247. The lowest BCUT2D eigenvalue weighted by atomic mass is 9.55. The summed E-state index contributed by atoms with van der Waals surface area (Å²) in [6.45, 7) is 6.58. The predicted molar refractivity (Wildman–Crippen MR) is 116 cm³/mol. The molecule has 0 bridgehead atoms. The van der Waals surface area contributed by atoms with Crippen LogP contribution in [0, 0.1) is 5.41 Å². The quantitative estimate of drug-likeness (QED) is 0.681. The van der Waals surface area contributed by atoms with Crippen molar-refractivity contribution in [3.63, 3.8) is 0 Å². The molecule has 9 nitrogen and oxygen atoms in total. The van der Waals surface area contributed by atoms with Gasteiger partial charge in [0.15, 0.2) is 5.78 Å². The maximum atomic E-state index is 12.9. The highest BCUT2D eigenvalue weighted by Gasteiger charge is 2.71. The van der Waals surface area contributed by atoms with Gasteiger partial charge in [0.25, 0.3) is 6.02 Å². The van der Waals surface area contributed by atoms with E-state index in [9.17, 15) is 4.79 Å². The third-order valence-electron chi connectivity index (χ3n) is 7.04. The normalized spacial score (nSPS) is 24.4. The summed E-state index contributed by atoms with van der Waals surface area (Å²) in [6, 6.07) is 7.73. The Morgan fingerprint density at radius 2 is 2.06 bits per heavy atom. The number of aromatic nitrogens is 2. The highest BCUT2D eigenvalue weighted by molar-refractivity contribution is 5.95. The molecular formula is C23H28N4O5. The summed E-state index contributed by atoms with van der Waals surface area (Å²) in [4.78, 5) is 17.7. The van der Waals surface area contributed by atoms with Crippen LogP contribution in [0.2, 0.25) is 0 Å². The Balaban J connectivity index is 1.48. The van der Waals surface area contributed by atoms with Crippen LogP contribution in [0.25, 0.3) is 0 Å². The van der Waals surface area contributed by atoms with Crippen LogP contribution in [0.4, 0.5) is 0 Å². The highest BCUT2D eigenvalue weighted by Crippen LogP contribution is 2.62. The summed E-state index contributed by atoms with van der Waals surface area (Å²) in [5, 5.41) is 4.36.